The first-order valence-electron chi connectivity index (χ1n) is 17.1. The Morgan fingerprint density at radius 2 is 1.33 bits per heavy atom. The number of Topliss-reactive ketones (excluding diaryl/α,β-unsaturated/α-hetero) is 1. The third-order valence-electron chi connectivity index (χ3n) is 7.08. The van der Waals surface area contributed by atoms with Crippen LogP contribution >= 0.6 is 0 Å². The Labute approximate surface area is 295 Å². The van der Waals surface area contributed by atoms with Gasteiger partial charge in [-0.1, -0.05) is 55.0 Å². The number of hydrogen-bond donors (Lipinski definition) is 8. The molecule has 0 radical (unpaired) electrons. The molecule has 2 aliphatic heterocycles. The number of hydrogen-bond acceptors (Lipinski definition) is 13. The summed E-state index contributed by atoms with van der Waals surface area (Å²) in [5.41, 5.74) is 30.5. The largest absolute Gasteiger partial charge is 0.399 e. The molecule has 0 amide bonds. The van der Waals surface area contributed by atoms with Gasteiger partial charge in [-0.25, -0.2) is 0 Å². The third kappa shape index (κ3) is 28.1. The van der Waals surface area contributed by atoms with Crippen molar-refractivity contribution in [2.45, 2.75) is 39.5 Å². The van der Waals surface area contributed by atoms with Crippen molar-refractivity contribution in [3.05, 3.63) is 90.3 Å². The van der Waals surface area contributed by atoms with Gasteiger partial charge in [-0.05, 0) is 82.1 Å². The zero-order valence-corrected chi connectivity index (χ0v) is 29.9. The van der Waals surface area contributed by atoms with Gasteiger partial charge < -0.3 is 38.0 Å². The van der Waals surface area contributed by atoms with Crippen molar-refractivity contribution in [2.75, 3.05) is 89.8 Å². The molecule has 0 aliphatic carbocycles. The summed E-state index contributed by atoms with van der Waals surface area (Å²) in [6.07, 6.45) is 8.48. The minimum atomic E-state index is 0.0532. The van der Waals surface area contributed by atoms with Gasteiger partial charge in [0.25, 0.3) is 0 Å². The molecule has 2 saturated heterocycles. The van der Waals surface area contributed by atoms with Gasteiger partial charge in [-0.2, -0.15) is 0 Å². The lowest BCUT2D eigenvalue weighted by Crippen LogP contribution is -2.39. The van der Waals surface area contributed by atoms with Crippen LogP contribution in [0.25, 0.3) is 0 Å². The van der Waals surface area contributed by atoms with Crippen molar-refractivity contribution in [1.29, 1.82) is 0 Å². The third-order valence-corrected chi connectivity index (χ3v) is 7.08. The molecule has 276 valence electrons. The molecule has 14 N–H and O–H groups in total. The Kier molecular flexibility index (Phi) is 30.7. The van der Waals surface area contributed by atoms with Crippen LogP contribution in [0, 0.1) is 6.92 Å². The van der Waals surface area contributed by atoms with Gasteiger partial charge in [0.2, 0.25) is 0 Å². The van der Waals surface area contributed by atoms with E-state index in [1.807, 2.05) is 49.4 Å². The maximum absolute atomic E-state index is 9.90. The summed E-state index contributed by atoms with van der Waals surface area (Å²) < 4.78 is 5.16. The Morgan fingerprint density at radius 3 is 1.73 bits per heavy atom. The van der Waals surface area contributed by atoms with E-state index >= 15 is 0 Å². The molecule has 2 aliphatic rings. The van der Waals surface area contributed by atoms with Gasteiger partial charge in [0.05, 0.1) is 25.4 Å². The predicted molar refractivity (Wildman–Crippen MR) is 205 cm³/mol. The van der Waals surface area contributed by atoms with Crippen molar-refractivity contribution in [2.24, 2.45) is 28.9 Å². The monoisotopic (exact) mass is 684 g/mol. The normalized spacial score (nSPS) is 13.9. The molecule has 0 bridgehead atoms. The van der Waals surface area contributed by atoms with Crippen LogP contribution < -0.4 is 45.5 Å². The number of pyridine rings is 1. The fraction of sp³-hybridized carbons (Fsp3) is 0.500. The minimum Gasteiger partial charge on any atom is -0.399 e. The van der Waals surface area contributed by atoms with Crippen LogP contribution in [0.5, 0.6) is 0 Å². The van der Waals surface area contributed by atoms with Crippen LogP contribution in [0.2, 0.25) is 0 Å². The summed E-state index contributed by atoms with van der Waals surface area (Å²) in [5.74, 6) is 10.0. The van der Waals surface area contributed by atoms with Gasteiger partial charge in [0.1, 0.15) is 5.78 Å². The van der Waals surface area contributed by atoms with Crippen molar-refractivity contribution in [3.63, 3.8) is 0 Å². The van der Waals surface area contributed by atoms with E-state index in [0.29, 0.717) is 0 Å². The lowest BCUT2D eigenvalue weighted by Gasteiger charge is -2.25. The molecule has 49 heavy (non-hydrogen) atoms. The number of nitrogens with one attached hydrogen (secondary N) is 2. The summed E-state index contributed by atoms with van der Waals surface area (Å²) in [4.78, 5) is 18.4. The number of ketones is 1. The van der Waals surface area contributed by atoms with Crippen LogP contribution in [0.3, 0.4) is 0 Å². The highest BCUT2D eigenvalue weighted by Gasteiger charge is 2.08. The Bertz CT molecular complexity index is 1110. The Morgan fingerprint density at radius 1 is 0.776 bits per heavy atom. The minimum absolute atomic E-state index is 0.0532. The zero-order chi connectivity index (χ0) is 36.4. The molecule has 0 spiro atoms. The number of benzene rings is 2. The molecule has 0 unspecified atom stereocenters. The summed E-state index contributed by atoms with van der Waals surface area (Å²) in [5, 5.41) is 0. The fourth-order valence-corrected chi connectivity index (χ4v) is 4.43. The Hall–Kier alpha value is -3.50. The number of para-hydroxylation sites is 1. The molecule has 3 aromatic rings. The van der Waals surface area contributed by atoms with Gasteiger partial charge in [0.15, 0.2) is 0 Å². The number of nitrogen functional groups attached to an aromatic ring is 2. The summed E-state index contributed by atoms with van der Waals surface area (Å²) >= 11 is 0. The SMILES string of the molecule is CC(=O)CNN.Cc1ccccc1NN.NCCN1CCCCC1.NCCN1CCOCC1.NCCc1ccccc1.Nc1ccncc1. The number of anilines is 2. The lowest BCUT2D eigenvalue weighted by molar-refractivity contribution is -0.116. The van der Waals surface area contributed by atoms with Crippen molar-refractivity contribution in [1.82, 2.24) is 20.2 Å². The van der Waals surface area contributed by atoms with Gasteiger partial charge >= 0.3 is 0 Å². The van der Waals surface area contributed by atoms with E-state index in [1.54, 1.807) is 24.5 Å². The number of hydrazine groups is 2. The number of rotatable bonds is 9. The average Bonchev–Trinajstić information content (AvgIpc) is 3.12. The van der Waals surface area contributed by atoms with E-state index in [2.05, 4.69) is 37.8 Å². The second-order valence-electron chi connectivity index (χ2n) is 11.3. The number of nitrogens with zero attached hydrogens (tertiary/aromatic N) is 3. The fourth-order valence-electron chi connectivity index (χ4n) is 4.43. The van der Waals surface area contributed by atoms with E-state index < -0.39 is 0 Å². The molecule has 0 saturated carbocycles. The standard InChI is InChI=1S/C8H11N.C7H10N2.C7H16N2.C6H14N2O.C5H6N2.C3H8N2O/c9-7-6-8-4-2-1-3-5-8;1-6-4-2-3-5-7(6)9-8;8-4-7-9-5-2-1-3-6-9;7-1-2-8-3-5-9-6-4-8;6-5-1-3-7-4-2-5;1-3(6)2-5-4/h1-5H,6-7,9H2;2-5,9H,8H2,1H3;1-8H2;1-7H2;1-4H,(H2,6,7);5H,2,4H2,1H3. The molecule has 2 fully saturated rings. The Balaban J connectivity index is 0.000000568. The molecule has 5 rings (SSSR count). The number of nitrogens with two attached hydrogens (primary N) is 6. The van der Waals surface area contributed by atoms with E-state index in [1.165, 1.54) is 50.4 Å². The summed E-state index contributed by atoms with van der Waals surface area (Å²) in [6, 6.07) is 21.6. The molecular formula is C36H65N11O2. The highest BCUT2D eigenvalue weighted by atomic mass is 16.5. The molecule has 13 heteroatoms. The average molecular weight is 684 g/mol. The summed E-state index contributed by atoms with van der Waals surface area (Å²) in [7, 11) is 0. The molecule has 13 nitrogen and oxygen atoms in total. The van der Waals surface area contributed by atoms with E-state index in [9.17, 15) is 4.79 Å². The van der Waals surface area contributed by atoms with Crippen LogP contribution in [-0.4, -0.2) is 99.2 Å². The molecule has 3 heterocycles. The first-order valence-corrected chi connectivity index (χ1v) is 17.1. The van der Waals surface area contributed by atoms with Crippen LogP contribution in [0.1, 0.15) is 37.3 Å². The lowest BCUT2D eigenvalue weighted by atomic mass is 10.1. The van der Waals surface area contributed by atoms with Gasteiger partial charge in [-0.15, -0.1) is 0 Å². The quantitative estimate of drug-likeness (QED) is 0.119. The number of morpholine rings is 1. The highest BCUT2D eigenvalue weighted by molar-refractivity contribution is 5.77. The van der Waals surface area contributed by atoms with Crippen LogP contribution in [-0.2, 0) is 16.0 Å². The number of likely N-dealkylation sites (tertiary alicyclic amines) is 1. The van der Waals surface area contributed by atoms with Gasteiger partial charge in [0, 0.05) is 57.3 Å². The second kappa shape index (κ2) is 33.0. The van der Waals surface area contributed by atoms with Crippen molar-refractivity contribution in [3.8, 4) is 0 Å². The number of carbonyl (C=O) groups excluding carboxylic acids is 1. The molecule has 2 aromatic carbocycles. The van der Waals surface area contributed by atoms with Crippen molar-refractivity contribution < 1.29 is 9.53 Å². The number of aryl methyl sites for hydroxylation is 1. The second-order valence-corrected chi connectivity index (χ2v) is 11.3. The zero-order valence-electron chi connectivity index (χ0n) is 29.9. The number of ether oxygens (including phenoxy) is 1. The first-order chi connectivity index (χ1) is 23.8. The van der Waals surface area contributed by atoms with E-state index in [-0.39, 0.29) is 12.3 Å². The van der Waals surface area contributed by atoms with E-state index in [4.69, 9.17) is 39.4 Å². The summed E-state index contributed by atoms with van der Waals surface area (Å²) in [6.45, 7) is 14.6. The molecule has 1 aromatic heterocycles. The van der Waals surface area contributed by atoms with Crippen LogP contribution in [0.15, 0.2) is 79.1 Å². The number of aromatic nitrogens is 1. The van der Waals surface area contributed by atoms with Gasteiger partial charge in [-0.3, -0.25) is 31.8 Å². The molecular weight excluding hydrogens is 618 g/mol. The number of carbonyl (C=O) groups is 1. The maximum atomic E-state index is 9.90. The smallest absolute Gasteiger partial charge is 0.144 e. The topological polar surface area (TPSA) is 226 Å². The number of piperidine rings is 1. The first kappa shape index (κ1) is 45.5. The maximum Gasteiger partial charge on any atom is 0.144 e. The molecule has 0 atom stereocenters. The van der Waals surface area contributed by atoms with Crippen molar-refractivity contribution >= 4 is 17.2 Å². The highest BCUT2D eigenvalue weighted by Crippen LogP contribution is 2.10. The predicted octanol–water partition coefficient (Wildman–Crippen LogP) is 1.88. The van der Waals surface area contributed by atoms with E-state index in [0.717, 1.165) is 76.8 Å². The van der Waals surface area contributed by atoms with Crippen LogP contribution in [0.4, 0.5) is 11.4 Å².